The number of nitrogens with two attached hydrogens (primary N) is 1. The molecule has 0 aromatic heterocycles. The fraction of sp³-hybridized carbons (Fsp3) is 0.333. The van der Waals surface area contributed by atoms with Gasteiger partial charge in [0.25, 0.3) is 0 Å². The van der Waals surface area contributed by atoms with Gasteiger partial charge in [0.1, 0.15) is 5.82 Å². The molecule has 2 aliphatic rings. The number of fused-ring (bicyclic) bond motifs is 1. The summed E-state index contributed by atoms with van der Waals surface area (Å²) in [7, 11) is 0. The number of carbonyl (C=O) groups excluding carboxylic acids is 2. The molecule has 0 spiro atoms. The van der Waals surface area contributed by atoms with Crippen molar-refractivity contribution in [2.45, 2.75) is 31.1 Å². The molecule has 0 radical (unpaired) electrons. The Kier molecular flexibility index (Phi) is 10.4. The number of anilines is 1. The van der Waals surface area contributed by atoms with E-state index in [2.05, 4.69) is 0 Å². The summed E-state index contributed by atoms with van der Waals surface area (Å²) in [6.07, 6.45) is -3.70. The number of alkyl halides is 3. The number of carbonyl (C=O) groups is 4. The molecule has 2 aromatic carbocycles. The molecule has 43 heavy (non-hydrogen) atoms. The van der Waals surface area contributed by atoms with E-state index >= 15 is 0 Å². The summed E-state index contributed by atoms with van der Waals surface area (Å²) < 4.78 is 78.8. The standard InChI is InChI=1S/C23H22F6N4O2.C4H4O4/c24-18-10-20(26)19(25)8-13(18)7-15(30)9-21(34)31-5-6-32-17(11-31)12-33(22(32)35)16-3-1-14(2-4-16)23(27,28)29;5-3(6)1-2-4(7)8/h1-4,8,10,15,17H,5-7,9,11-12,30H2;1-2H,(H,5,6)(H,7,8)/b;2-1+/t15-,17?;/m1./s1. The van der Waals surface area contributed by atoms with Crippen LogP contribution in [0, 0.1) is 17.5 Å². The second-order valence-corrected chi connectivity index (χ2v) is 9.66. The van der Waals surface area contributed by atoms with E-state index in [4.69, 9.17) is 15.9 Å². The minimum absolute atomic E-state index is 0.136. The Labute approximate surface area is 240 Å². The van der Waals surface area contributed by atoms with Gasteiger partial charge in [-0.15, -0.1) is 0 Å². The average molecular weight is 617 g/mol. The topological polar surface area (TPSA) is 144 Å². The molecule has 2 saturated heterocycles. The summed E-state index contributed by atoms with van der Waals surface area (Å²) in [6, 6.07) is 3.88. The molecule has 4 N–H and O–H groups in total. The molecule has 0 bridgehead atoms. The third kappa shape index (κ3) is 8.70. The Bertz CT molecular complexity index is 1390. The number of hydrogen-bond donors (Lipinski definition) is 3. The SMILES string of the molecule is N[C@@H](CC(=O)N1CCN2C(=O)N(c3ccc(C(F)(F)F)cc3)CC2C1)Cc1cc(F)c(F)cc1F.O=C(O)/C=C/C(=O)O. The molecular weight excluding hydrogens is 590 g/mol. The fourth-order valence-corrected chi connectivity index (χ4v) is 4.55. The lowest BCUT2D eigenvalue weighted by Crippen LogP contribution is -2.54. The molecule has 2 fully saturated rings. The van der Waals surface area contributed by atoms with Gasteiger partial charge in [0.05, 0.1) is 11.6 Å². The maximum absolute atomic E-state index is 13.9. The smallest absolute Gasteiger partial charge is 0.416 e. The minimum Gasteiger partial charge on any atom is -0.478 e. The molecule has 0 aliphatic carbocycles. The van der Waals surface area contributed by atoms with Gasteiger partial charge in [0.15, 0.2) is 11.6 Å². The Hall–Kier alpha value is -4.60. The van der Waals surface area contributed by atoms with E-state index in [1.807, 2.05) is 0 Å². The summed E-state index contributed by atoms with van der Waals surface area (Å²) in [6.45, 7) is 0.863. The van der Waals surface area contributed by atoms with Gasteiger partial charge in [-0.05, 0) is 42.3 Å². The normalized spacial score (nSPS) is 17.4. The maximum atomic E-state index is 13.9. The Morgan fingerprint density at radius 3 is 2.07 bits per heavy atom. The molecule has 232 valence electrons. The fourth-order valence-electron chi connectivity index (χ4n) is 4.55. The van der Waals surface area contributed by atoms with Crippen LogP contribution in [0.25, 0.3) is 0 Å². The first-order valence-electron chi connectivity index (χ1n) is 12.6. The summed E-state index contributed by atoms with van der Waals surface area (Å²) in [4.78, 5) is 49.1. The number of amides is 3. The van der Waals surface area contributed by atoms with Crippen LogP contribution in [0.2, 0.25) is 0 Å². The number of piperazine rings is 1. The van der Waals surface area contributed by atoms with Gasteiger partial charge in [-0.3, -0.25) is 9.69 Å². The predicted octanol–water partition coefficient (Wildman–Crippen LogP) is 3.25. The molecule has 0 saturated carbocycles. The Morgan fingerprint density at radius 2 is 1.51 bits per heavy atom. The first kappa shape index (κ1) is 32.9. The van der Waals surface area contributed by atoms with Crippen molar-refractivity contribution in [3.05, 3.63) is 77.1 Å². The highest BCUT2D eigenvalue weighted by molar-refractivity contribution is 5.95. The molecule has 2 heterocycles. The summed E-state index contributed by atoms with van der Waals surface area (Å²) in [5.74, 6) is -6.32. The summed E-state index contributed by atoms with van der Waals surface area (Å²) in [5.41, 5.74) is 5.33. The highest BCUT2D eigenvalue weighted by Gasteiger charge is 2.42. The van der Waals surface area contributed by atoms with Gasteiger partial charge in [0, 0.05) is 62.5 Å². The third-order valence-electron chi connectivity index (χ3n) is 6.59. The number of rotatable bonds is 7. The molecular formula is C27H26F6N4O6. The second kappa shape index (κ2) is 13.6. The van der Waals surface area contributed by atoms with Gasteiger partial charge in [-0.1, -0.05) is 0 Å². The van der Waals surface area contributed by atoms with E-state index < -0.39 is 47.2 Å². The Morgan fingerprint density at radius 1 is 0.930 bits per heavy atom. The number of carboxylic acids is 2. The number of urea groups is 1. The first-order chi connectivity index (χ1) is 20.1. The van der Waals surface area contributed by atoms with E-state index in [1.54, 1.807) is 4.90 Å². The molecule has 4 rings (SSSR count). The molecule has 1 unspecified atom stereocenters. The second-order valence-electron chi connectivity index (χ2n) is 9.66. The van der Waals surface area contributed by atoms with Crippen molar-refractivity contribution in [2.24, 2.45) is 5.73 Å². The molecule has 2 atom stereocenters. The van der Waals surface area contributed by atoms with Gasteiger partial charge < -0.3 is 25.7 Å². The van der Waals surface area contributed by atoms with Gasteiger partial charge >= 0.3 is 24.1 Å². The molecule has 10 nitrogen and oxygen atoms in total. The predicted molar refractivity (Wildman–Crippen MR) is 138 cm³/mol. The lowest BCUT2D eigenvalue weighted by Gasteiger charge is -2.36. The van der Waals surface area contributed by atoms with Crippen LogP contribution in [0.4, 0.5) is 36.8 Å². The van der Waals surface area contributed by atoms with Crippen LogP contribution in [0.1, 0.15) is 17.5 Å². The highest BCUT2D eigenvalue weighted by atomic mass is 19.4. The van der Waals surface area contributed by atoms with Gasteiger partial charge in [-0.25, -0.2) is 27.6 Å². The molecule has 2 aliphatic heterocycles. The van der Waals surface area contributed by atoms with Crippen LogP contribution in [0.15, 0.2) is 48.6 Å². The number of hydrogen-bond acceptors (Lipinski definition) is 5. The molecule has 16 heteroatoms. The van der Waals surface area contributed by atoms with Crippen molar-refractivity contribution in [1.29, 1.82) is 0 Å². The van der Waals surface area contributed by atoms with Gasteiger partial charge in [0.2, 0.25) is 5.91 Å². The van der Waals surface area contributed by atoms with Crippen molar-refractivity contribution < 1.29 is 55.7 Å². The van der Waals surface area contributed by atoms with Gasteiger partial charge in [-0.2, -0.15) is 13.2 Å². The zero-order chi connectivity index (χ0) is 32.1. The lowest BCUT2D eigenvalue weighted by atomic mass is 10.0. The van der Waals surface area contributed by atoms with Crippen molar-refractivity contribution in [3.63, 3.8) is 0 Å². The maximum Gasteiger partial charge on any atom is 0.416 e. The highest BCUT2D eigenvalue weighted by Crippen LogP contribution is 2.32. The van der Waals surface area contributed by atoms with Crippen molar-refractivity contribution in [3.8, 4) is 0 Å². The van der Waals surface area contributed by atoms with Crippen LogP contribution < -0.4 is 10.6 Å². The lowest BCUT2D eigenvalue weighted by molar-refractivity contribution is -0.137. The minimum atomic E-state index is -4.48. The summed E-state index contributed by atoms with van der Waals surface area (Å²) >= 11 is 0. The van der Waals surface area contributed by atoms with E-state index in [-0.39, 0.29) is 62.6 Å². The van der Waals surface area contributed by atoms with Crippen molar-refractivity contribution in [2.75, 3.05) is 31.1 Å². The van der Waals surface area contributed by atoms with Crippen LogP contribution >= 0.6 is 0 Å². The largest absolute Gasteiger partial charge is 0.478 e. The zero-order valence-corrected chi connectivity index (χ0v) is 22.2. The number of aliphatic carboxylic acids is 2. The van der Waals surface area contributed by atoms with E-state index in [1.165, 1.54) is 21.9 Å². The first-order valence-corrected chi connectivity index (χ1v) is 12.6. The zero-order valence-electron chi connectivity index (χ0n) is 22.2. The number of carboxylic acid groups (broad SMARTS) is 2. The number of halogens is 6. The van der Waals surface area contributed by atoms with Crippen molar-refractivity contribution >= 4 is 29.6 Å². The molecule has 2 aromatic rings. The molecule has 3 amide bonds. The van der Waals surface area contributed by atoms with Crippen molar-refractivity contribution in [1.82, 2.24) is 9.80 Å². The summed E-state index contributed by atoms with van der Waals surface area (Å²) in [5, 5.41) is 15.6. The Balaban J connectivity index is 0.000000557. The third-order valence-corrected chi connectivity index (χ3v) is 6.59. The monoisotopic (exact) mass is 616 g/mol. The van der Waals surface area contributed by atoms with Crippen LogP contribution in [-0.2, 0) is 27.0 Å². The number of benzene rings is 2. The van der Waals surface area contributed by atoms with E-state index in [0.29, 0.717) is 30.0 Å². The number of nitrogens with zero attached hydrogens (tertiary/aromatic N) is 3. The van der Waals surface area contributed by atoms with E-state index in [0.717, 1.165) is 12.1 Å². The van der Waals surface area contributed by atoms with E-state index in [9.17, 15) is 45.5 Å². The van der Waals surface area contributed by atoms with Crippen LogP contribution in [-0.4, -0.2) is 82.2 Å². The quantitative estimate of drug-likeness (QED) is 0.246. The van der Waals surface area contributed by atoms with Crippen LogP contribution in [0.5, 0.6) is 0 Å². The van der Waals surface area contributed by atoms with Crippen LogP contribution in [0.3, 0.4) is 0 Å². The average Bonchev–Trinajstić information content (AvgIpc) is 3.26.